The van der Waals surface area contributed by atoms with Gasteiger partial charge in [-0.1, -0.05) is 6.07 Å². The van der Waals surface area contributed by atoms with Crippen molar-refractivity contribution in [1.82, 2.24) is 10.3 Å². The Kier molecular flexibility index (Phi) is 3.53. The van der Waals surface area contributed by atoms with Crippen LogP contribution < -0.4 is 5.32 Å². The van der Waals surface area contributed by atoms with Crippen molar-refractivity contribution < 1.29 is 14.3 Å². The van der Waals surface area contributed by atoms with Crippen molar-refractivity contribution in [3.63, 3.8) is 0 Å². The van der Waals surface area contributed by atoms with E-state index in [4.69, 9.17) is 5.11 Å². The average molecular weight is 198 g/mol. The first-order chi connectivity index (χ1) is 6.59. The fraction of sp³-hybridized carbons (Fsp3) is 0.333. The fourth-order valence-electron chi connectivity index (χ4n) is 0.866. The normalized spacial score (nSPS) is 12.2. The highest BCUT2D eigenvalue weighted by atomic mass is 19.1. The molecule has 0 unspecified atom stereocenters. The Balaban J connectivity index is 2.61. The summed E-state index contributed by atoms with van der Waals surface area (Å²) < 4.78 is 12.6. The predicted molar refractivity (Wildman–Crippen MR) is 48.2 cm³/mol. The van der Waals surface area contributed by atoms with Gasteiger partial charge < -0.3 is 10.4 Å². The molecule has 5 heteroatoms. The Hall–Kier alpha value is -1.49. The number of aliphatic hydroxyl groups excluding tert-OH is 1. The number of carbonyl (C=O) groups excluding carboxylic acids is 1. The van der Waals surface area contributed by atoms with E-state index in [0.717, 1.165) is 6.07 Å². The van der Waals surface area contributed by atoms with Gasteiger partial charge in [-0.3, -0.25) is 4.79 Å². The zero-order valence-electron chi connectivity index (χ0n) is 7.70. The molecule has 0 aliphatic heterocycles. The van der Waals surface area contributed by atoms with Crippen molar-refractivity contribution in [3.05, 3.63) is 29.8 Å². The molecule has 0 radical (unpaired) electrons. The highest BCUT2D eigenvalue weighted by molar-refractivity contribution is 5.92. The summed E-state index contributed by atoms with van der Waals surface area (Å²) in [6, 6.07) is 3.96. The second-order valence-electron chi connectivity index (χ2n) is 2.90. The Morgan fingerprint density at radius 3 is 3.00 bits per heavy atom. The van der Waals surface area contributed by atoms with Crippen molar-refractivity contribution in [2.75, 3.05) is 6.54 Å². The first-order valence-corrected chi connectivity index (χ1v) is 4.18. The molecule has 1 aromatic heterocycles. The van der Waals surface area contributed by atoms with Crippen LogP contribution in [0, 0.1) is 5.95 Å². The van der Waals surface area contributed by atoms with Gasteiger partial charge in [-0.15, -0.1) is 0 Å². The molecule has 1 rings (SSSR count). The number of pyridine rings is 1. The van der Waals surface area contributed by atoms with Gasteiger partial charge in [0.1, 0.15) is 5.69 Å². The molecule has 1 atom stereocenters. The Morgan fingerprint density at radius 1 is 1.71 bits per heavy atom. The summed E-state index contributed by atoms with van der Waals surface area (Å²) in [6.45, 7) is 1.66. The average Bonchev–Trinajstić information content (AvgIpc) is 2.14. The number of hydrogen-bond donors (Lipinski definition) is 2. The van der Waals surface area contributed by atoms with Crippen LogP contribution in [-0.2, 0) is 0 Å². The molecular weight excluding hydrogens is 187 g/mol. The summed E-state index contributed by atoms with van der Waals surface area (Å²) in [5.74, 6) is -1.19. The molecule has 0 bridgehead atoms. The molecule has 0 aromatic carbocycles. The molecule has 0 aliphatic rings. The van der Waals surface area contributed by atoms with Crippen LogP contribution in [0.4, 0.5) is 4.39 Å². The van der Waals surface area contributed by atoms with Gasteiger partial charge in [-0.05, 0) is 19.1 Å². The van der Waals surface area contributed by atoms with E-state index in [0.29, 0.717) is 0 Å². The van der Waals surface area contributed by atoms with Gasteiger partial charge in [0.05, 0.1) is 6.10 Å². The smallest absolute Gasteiger partial charge is 0.270 e. The standard InChI is InChI=1S/C9H11FN2O2/c1-6(13)5-11-9(14)7-3-2-4-8(10)12-7/h2-4,6,13H,5H2,1H3,(H,11,14)/t6-/m1/s1. The molecule has 0 aliphatic carbocycles. The van der Waals surface area contributed by atoms with E-state index in [9.17, 15) is 9.18 Å². The van der Waals surface area contributed by atoms with Crippen LogP contribution in [0.1, 0.15) is 17.4 Å². The third kappa shape index (κ3) is 3.10. The summed E-state index contributed by atoms with van der Waals surface area (Å²) in [4.78, 5) is 14.6. The minimum absolute atomic E-state index is 0.00523. The Morgan fingerprint density at radius 2 is 2.43 bits per heavy atom. The van der Waals surface area contributed by atoms with E-state index in [1.165, 1.54) is 12.1 Å². The molecule has 1 heterocycles. The van der Waals surface area contributed by atoms with E-state index in [1.54, 1.807) is 6.92 Å². The van der Waals surface area contributed by atoms with E-state index in [1.807, 2.05) is 0 Å². The number of nitrogens with zero attached hydrogens (tertiary/aromatic N) is 1. The van der Waals surface area contributed by atoms with Gasteiger partial charge in [0, 0.05) is 6.54 Å². The predicted octanol–water partition coefficient (Wildman–Crippen LogP) is 0.331. The van der Waals surface area contributed by atoms with Crippen molar-refractivity contribution >= 4 is 5.91 Å². The van der Waals surface area contributed by atoms with E-state index >= 15 is 0 Å². The number of aliphatic hydroxyl groups is 1. The van der Waals surface area contributed by atoms with Crippen molar-refractivity contribution in [1.29, 1.82) is 0 Å². The number of halogens is 1. The maximum absolute atomic E-state index is 12.6. The lowest BCUT2D eigenvalue weighted by Gasteiger charge is -2.05. The number of aromatic nitrogens is 1. The van der Waals surface area contributed by atoms with Crippen molar-refractivity contribution in [2.24, 2.45) is 0 Å². The highest BCUT2D eigenvalue weighted by Crippen LogP contribution is 1.97. The molecular formula is C9H11FN2O2. The molecule has 0 spiro atoms. The number of amides is 1. The quantitative estimate of drug-likeness (QED) is 0.688. The second kappa shape index (κ2) is 4.66. The minimum atomic E-state index is -0.699. The molecule has 1 amide bonds. The summed E-state index contributed by atoms with van der Waals surface area (Å²) in [5, 5.41) is 11.3. The summed E-state index contributed by atoms with van der Waals surface area (Å²) in [7, 11) is 0. The number of carbonyl (C=O) groups is 1. The molecule has 4 nitrogen and oxygen atoms in total. The van der Waals surface area contributed by atoms with Crippen LogP contribution >= 0.6 is 0 Å². The van der Waals surface area contributed by atoms with Crippen LogP contribution in [-0.4, -0.2) is 28.6 Å². The van der Waals surface area contributed by atoms with Crippen molar-refractivity contribution in [3.8, 4) is 0 Å². The molecule has 2 N–H and O–H groups in total. The lowest BCUT2D eigenvalue weighted by Crippen LogP contribution is -2.31. The van der Waals surface area contributed by atoms with E-state index in [-0.39, 0.29) is 12.2 Å². The summed E-state index contributed by atoms with van der Waals surface area (Å²) in [6.07, 6.45) is -0.632. The first-order valence-electron chi connectivity index (χ1n) is 4.18. The van der Waals surface area contributed by atoms with Gasteiger partial charge in [0.15, 0.2) is 0 Å². The van der Waals surface area contributed by atoms with Crippen LogP contribution in [0.2, 0.25) is 0 Å². The Bertz CT molecular complexity index is 328. The molecule has 0 saturated heterocycles. The third-order valence-corrected chi connectivity index (χ3v) is 1.51. The van der Waals surface area contributed by atoms with Crippen LogP contribution in [0.25, 0.3) is 0 Å². The zero-order valence-corrected chi connectivity index (χ0v) is 7.70. The zero-order chi connectivity index (χ0) is 10.6. The minimum Gasteiger partial charge on any atom is -0.392 e. The number of rotatable bonds is 3. The molecule has 1 aromatic rings. The third-order valence-electron chi connectivity index (χ3n) is 1.51. The van der Waals surface area contributed by atoms with Gasteiger partial charge in [0.2, 0.25) is 5.95 Å². The van der Waals surface area contributed by atoms with E-state index < -0.39 is 18.0 Å². The first kappa shape index (κ1) is 10.6. The topological polar surface area (TPSA) is 62.2 Å². The van der Waals surface area contributed by atoms with Crippen LogP contribution in [0.3, 0.4) is 0 Å². The monoisotopic (exact) mass is 198 g/mol. The molecule has 14 heavy (non-hydrogen) atoms. The summed E-state index contributed by atoms with van der Waals surface area (Å²) in [5.41, 5.74) is 0.00523. The lowest BCUT2D eigenvalue weighted by molar-refractivity contribution is 0.0918. The number of hydrogen-bond acceptors (Lipinski definition) is 3. The Labute approximate surface area is 80.8 Å². The van der Waals surface area contributed by atoms with Gasteiger partial charge >= 0.3 is 0 Å². The number of nitrogens with one attached hydrogen (secondary N) is 1. The fourth-order valence-corrected chi connectivity index (χ4v) is 0.866. The van der Waals surface area contributed by atoms with Crippen LogP contribution in [0.5, 0.6) is 0 Å². The van der Waals surface area contributed by atoms with Crippen molar-refractivity contribution in [2.45, 2.75) is 13.0 Å². The lowest BCUT2D eigenvalue weighted by atomic mass is 10.3. The maximum Gasteiger partial charge on any atom is 0.270 e. The van der Waals surface area contributed by atoms with Gasteiger partial charge in [-0.25, -0.2) is 4.98 Å². The molecule has 0 saturated carbocycles. The van der Waals surface area contributed by atoms with Gasteiger partial charge in [-0.2, -0.15) is 4.39 Å². The molecule has 0 fully saturated rings. The highest BCUT2D eigenvalue weighted by Gasteiger charge is 2.07. The van der Waals surface area contributed by atoms with Gasteiger partial charge in [0.25, 0.3) is 5.91 Å². The maximum atomic E-state index is 12.6. The second-order valence-corrected chi connectivity index (χ2v) is 2.90. The van der Waals surface area contributed by atoms with Crippen LogP contribution in [0.15, 0.2) is 18.2 Å². The van der Waals surface area contributed by atoms with E-state index in [2.05, 4.69) is 10.3 Å². The summed E-state index contributed by atoms with van der Waals surface area (Å²) >= 11 is 0. The SMILES string of the molecule is C[C@@H](O)CNC(=O)c1cccc(F)n1. The largest absolute Gasteiger partial charge is 0.392 e. The molecule has 76 valence electrons.